The smallest absolute Gasteiger partial charge is 0.251 e. The van der Waals surface area contributed by atoms with Crippen LogP contribution in [0, 0.1) is 18.3 Å². The second kappa shape index (κ2) is 6.34. The van der Waals surface area contributed by atoms with E-state index in [1.807, 2.05) is 19.1 Å². The van der Waals surface area contributed by atoms with Crippen LogP contribution in [0.1, 0.15) is 27.2 Å². The topological polar surface area (TPSA) is 105 Å². The lowest BCUT2D eigenvalue weighted by Crippen LogP contribution is -2.23. The van der Waals surface area contributed by atoms with E-state index in [0.29, 0.717) is 29.2 Å². The summed E-state index contributed by atoms with van der Waals surface area (Å²) in [7, 11) is 0. The van der Waals surface area contributed by atoms with Gasteiger partial charge in [0, 0.05) is 17.1 Å². The van der Waals surface area contributed by atoms with E-state index in [9.17, 15) is 4.79 Å². The van der Waals surface area contributed by atoms with Crippen LogP contribution in [-0.4, -0.2) is 15.9 Å². The number of pyridine rings is 2. The number of nitrogens with one attached hydrogen (secondary N) is 1. The highest BCUT2D eigenvalue weighted by atomic mass is 16.1. The Bertz CT molecular complexity index is 958. The van der Waals surface area contributed by atoms with Gasteiger partial charge in [-0.15, -0.1) is 0 Å². The Labute approximate surface area is 139 Å². The molecule has 3 N–H and O–H groups in total. The highest BCUT2D eigenvalue weighted by molar-refractivity contribution is 5.98. The van der Waals surface area contributed by atoms with Gasteiger partial charge in [0.1, 0.15) is 11.9 Å². The molecule has 0 fully saturated rings. The second-order valence-corrected chi connectivity index (χ2v) is 5.43. The second-order valence-electron chi connectivity index (χ2n) is 5.43. The molecule has 1 aromatic carbocycles. The number of carbonyl (C=O) groups is 1. The summed E-state index contributed by atoms with van der Waals surface area (Å²) >= 11 is 0. The van der Waals surface area contributed by atoms with E-state index in [1.165, 1.54) is 6.20 Å². The van der Waals surface area contributed by atoms with Crippen LogP contribution < -0.4 is 11.1 Å². The first-order valence-electron chi connectivity index (χ1n) is 7.37. The fourth-order valence-corrected chi connectivity index (χ4v) is 2.31. The minimum atomic E-state index is -0.197. The van der Waals surface area contributed by atoms with Gasteiger partial charge in [-0.05, 0) is 48.9 Å². The van der Waals surface area contributed by atoms with Crippen molar-refractivity contribution in [2.24, 2.45) is 0 Å². The van der Waals surface area contributed by atoms with Crippen LogP contribution in [0.2, 0.25) is 0 Å². The number of benzene rings is 1. The molecule has 0 saturated carbocycles. The highest BCUT2D eigenvalue weighted by Gasteiger charge is 2.08. The monoisotopic (exact) mass is 317 g/mol. The van der Waals surface area contributed by atoms with Gasteiger partial charge in [0.25, 0.3) is 5.91 Å². The number of anilines is 1. The summed E-state index contributed by atoms with van der Waals surface area (Å²) in [6.45, 7) is 2.17. The van der Waals surface area contributed by atoms with Crippen molar-refractivity contribution in [3.05, 3.63) is 65.0 Å². The number of aryl methyl sites for hydroxylation is 1. The van der Waals surface area contributed by atoms with Crippen molar-refractivity contribution in [2.45, 2.75) is 13.5 Å². The number of nitrogens with zero attached hydrogens (tertiary/aromatic N) is 3. The number of amides is 1. The van der Waals surface area contributed by atoms with Gasteiger partial charge in [0.2, 0.25) is 0 Å². The summed E-state index contributed by atoms with van der Waals surface area (Å²) in [6, 6.07) is 12.6. The molecule has 0 aliphatic heterocycles. The highest BCUT2D eigenvalue weighted by Crippen LogP contribution is 2.19. The quantitative estimate of drug-likeness (QED) is 0.771. The first-order chi connectivity index (χ1) is 11.6. The van der Waals surface area contributed by atoms with Crippen LogP contribution in [-0.2, 0) is 6.54 Å². The van der Waals surface area contributed by atoms with Crippen molar-refractivity contribution >= 4 is 22.6 Å². The summed E-state index contributed by atoms with van der Waals surface area (Å²) in [5, 5.41) is 12.4. The number of nitrogens with two attached hydrogens (primary N) is 1. The van der Waals surface area contributed by atoms with Crippen LogP contribution in [0.25, 0.3) is 10.9 Å². The molecule has 6 nitrogen and oxygen atoms in total. The van der Waals surface area contributed by atoms with Crippen molar-refractivity contribution in [1.29, 1.82) is 5.26 Å². The van der Waals surface area contributed by atoms with Crippen molar-refractivity contribution in [3.63, 3.8) is 0 Å². The molecule has 2 heterocycles. The lowest BCUT2D eigenvalue weighted by atomic mass is 10.1. The molecule has 0 saturated heterocycles. The van der Waals surface area contributed by atoms with E-state index >= 15 is 0 Å². The Kier molecular flexibility index (Phi) is 4.08. The third kappa shape index (κ3) is 3.15. The third-order valence-corrected chi connectivity index (χ3v) is 3.69. The van der Waals surface area contributed by atoms with E-state index in [-0.39, 0.29) is 5.91 Å². The molecule has 2 aromatic heterocycles. The van der Waals surface area contributed by atoms with Gasteiger partial charge in [0.05, 0.1) is 23.3 Å². The summed E-state index contributed by atoms with van der Waals surface area (Å²) < 4.78 is 0. The molecular weight excluding hydrogens is 302 g/mol. The van der Waals surface area contributed by atoms with Crippen molar-refractivity contribution in [1.82, 2.24) is 15.3 Å². The van der Waals surface area contributed by atoms with E-state index in [0.717, 1.165) is 16.5 Å². The predicted molar refractivity (Wildman–Crippen MR) is 91.0 cm³/mol. The van der Waals surface area contributed by atoms with Crippen molar-refractivity contribution in [3.8, 4) is 6.07 Å². The van der Waals surface area contributed by atoms with Gasteiger partial charge >= 0.3 is 0 Å². The predicted octanol–water partition coefficient (Wildman–Crippen LogP) is 2.32. The number of fused-ring (bicyclic) bond motifs is 1. The van der Waals surface area contributed by atoms with E-state index in [4.69, 9.17) is 11.0 Å². The van der Waals surface area contributed by atoms with Gasteiger partial charge in [-0.25, -0.2) is 4.98 Å². The Morgan fingerprint density at radius 1 is 1.29 bits per heavy atom. The maximum absolute atomic E-state index is 12.3. The molecule has 6 heteroatoms. The first-order valence-corrected chi connectivity index (χ1v) is 7.37. The van der Waals surface area contributed by atoms with E-state index < -0.39 is 0 Å². The molecule has 3 aromatic rings. The minimum Gasteiger partial charge on any atom is -0.383 e. The van der Waals surface area contributed by atoms with Crippen LogP contribution >= 0.6 is 0 Å². The fraction of sp³-hybridized carbons (Fsp3) is 0.111. The summed E-state index contributed by atoms with van der Waals surface area (Å²) in [5.41, 5.74) is 9.15. The SMILES string of the molecule is Cc1cc2cc(C(=O)NCc3ccc(C#N)cn3)ccc2nc1N. The average Bonchev–Trinajstić information content (AvgIpc) is 2.60. The Morgan fingerprint density at radius 3 is 2.83 bits per heavy atom. The molecule has 1 amide bonds. The summed E-state index contributed by atoms with van der Waals surface area (Å²) in [4.78, 5) is 20.7. The summed E-state index contributed by atoms with van der Waals surface area (Å²) in [5.74, 6) is 0.295. The average molecular weight is 317 g/mol. The molecule has 0 aliphatic carbocycles. The molecule has 0 atom stereocenters. The lowest BCUT2D eigenvalue weighted by Gasteiger charge is -2.07. The maximum Gasteiger partial charge on any atom is 0.251 e. The molecule has 0 spiro atoms. The molecule has 0 aliphatic rings. The van der Waals surface area contributed by atoms with Crippen molar-refractivity contribution < 1.29 is 4.79 Å². The lowest BCUT2D eigenvalue weighted by molar-refractivity contribution is 0.0950. The zero-order valence-corrected chi connectivity index (χ0v) is 13.1. The van der Waals surface area contributed by atoms with Gasteiger partial charge in [-0.3, -0.25) is 9.78 Å². The van der Waals surface area contributed by atoms with Gasteiger partial charge in [-0.2, -0.15) is 5.26 Å². The molecule has 24 heavy (non-hydrogen) atoms. The maximum atomic E-state index is 12.3. The first kappa shape index (κ1) is 15.4. The van der Waals surface area contributed by atoms with Crippen LogP contribution in [0.5, 0.6) is 0 Å². The van der Waals surface area contributed by atoms with Crippen LogP contribution in [0.4, 0.5) is 5.82 Å². The Morgan fingerprint density at radius 2 is 2.12 bits per heavy atom. The fourth-order valence-electron chi connectivity index (χ4n) is 2.31. The number of hydrogen-bond acceptors (Lipinski definition) is 5. The number of nitrogen functional groups attached to an aromatic ring is 1. The zero-order chi connectivity index (χ0) is 17.1. The molecule has 0 radical (unpaired) electrons. The number of hydrogen-bond donors (Lipinski definition) is 2. The molecule has 0 unspecified atom stereocenters. The molecule has 0 bridgehead atoms. The van der Waals surface area contributed by atoms with E-state index in [1.54, 1.807) is 30.3 Å². The van der Waals surface area contributed by atoms with Crippen molar-refractivity contribution in [2.75, 3.05) is 5.73 Å². The zero-order valence-electron chi connectivity index (χ0n) is 13.1. The van der Waals surface area contributed by atoms with Crippen LogP contribution in [0.15, 0.2) is 42.6 Å². The number of aromatic nitrogens is 2. The Hall–Kier alpha value is -3.46. The number of carbonyl (C=O) groups excluding carboxylic acids is 1. The third-order valence-electron chi connectivity index (χ3n) is 3.69. The number of nitriles is 1. The normalized spacial score (nSPS) is 10.3. The molecule has 118 valence electrons. The largest absolute Gasteiger partial charge is 0.383 e. The Balaban J connectivity index is 1.75. The van der Waals surface area contributed by atoms with Gasteiger partial charge in [-0.1, -0.05) is 0 Å². The summed E-state index contributed by atoms with van der Waals surface area (Å²) in [6.07, 6.45) is 1.48. The van der Waals surface area contributed by atoms with Gasteiger partial charge < -0.3 is 11.1 Å². The standard InChI is InChI=1S/C18H15N5O/c1-11-6-14-7-13(3-5-16(14)23-17(11)20)18(24)22-10-15-4-2-12(8-19)9-21-15/h2-7,9H,10H2,1H3,(H2,20,23)(H,22,24). The molecular formula is C18H15N5O. The van der Waals surface area contributed by atoms with E-state index in [2.05, 4.69) is 15.3 Å². The van der Waals surface area contributed by atoms with Gasteiger partial charge in [0.15, 0.2) is 0 Å². The molecule has 3 rings (SSSR count). The van der Waals surface area contributed by atoms with Crippen LogP contribution in [0.3, 0.4) is 0 Å². The minimum absolute atomic E-state index is 0.197. The number of rotatable bonds is 3.